The molecule has 0 aliphatic carbocycles. The topological polar surface area (TPSA) is 79.4 Å². The summed E-state index contributed by atoms with van der Waals surface area (Å²) in [6, 6.07) is 5.58. The molecule has 0 radical (unpaired) electrons. The molecule has 2 N–H and O–H groups in total. The molecule has 0 bridgehead atoms. The maximum atomic E-state index is 11.9. The molecule has 1 aromatic carbocycles. The average Bonchev–Trinajstić information content (AvgIpc) is 2.98. The van der Waals surface area contributed by atoms with Crippen LogP contribution in [0.25, 0.3) is 10.9 Å². The van der Waals surface area contributed by atoms with Gasteiger partial charge in [-0.25, -0.2) is 4.79 Å². The molecule has 142 valence electrons. The molecular formula is C20H29NO4Si. The molecule has 6 heteroatoms. The summed E-state index contributed by atoms with van der Waals surface area (Å²) in [6.45, 7) is 13.9. The number of aliphatic carboxylic acids is 1. The number of carboxylic acids is 1. The van der Waals surface area contributed by atoms with Crippen molar-refractivity contribution in [2.75, 3.05) is 0 Å². The summed E-state index contributed by atoms with van der Waals surface area (Å²) in [6.07, 6.45) is 1.47. The van der Waals surface area contributed by atoms with E-state index < -0.39 is 20.1 Å². The maximum absolute atomic E-state index is 11.9. The van der Waals surface area contributed by atoms with Crippen molar-refractivity contribution in [3.8, 4) is 0 Å². The lowest BCUT2D eigenvalue weighted by Gasteiger charge is -2.42. The van der Waals surface area contributed by atoms with Gasteiger partial charge in [-0.3, -0.25) is 4.79 Å². The highest BCUT2D eigenvalue weighted by atomic mass is 28.4. The minimum atomic E-state index is -2.01. The summed E-state index contributed by atoms with van der Waals surface area (Å²) in [4.78, 5) is 26.0. The smallest absolute Gasteiger partial charge is 0.377 e. The number of carbonyl (C=O) groups is 2. The van der Waals surface area contributed by atoms with E-state index in [1.807, 2.05) is 12.1 Å². The predicted octanol–water partition coefficient (Wildman–Crippen LogP) is 5.13. The van der Waals surface area contributed by atoms with Crippen LogP contribution in [0.1, 0.15) is 57.5 Å². The lowest BCUT2D eigenvalue weighted by atomic mass is 10.1. The number of Topliss-reactive ketones (excluding diaryl/α,β-unsaturated/α-hetero) is 1. The number of hydrogen-bond donors (Lipinski definition) is 2. The first-order valence-corrected chi connectivity index (χ1v) is 11.3. The Morgan fingerprint density at radius 3 is 2.15 bits per heavy atom. The van der Waals surface area contributed by atoms with E-state index in [4.69, 9.17) is 9.53 Å². The van der Waals surface area contributed by atoms with E-state index in [1.165, 1.54) is 6.20 Å². The Morgan fingerprint density at radius 2 is 1.65 bits per heavy atom. The van der Waals surface area contributed by atoms with Crippen molar-refractivity contribution in [2.24, 2.45) is 0 Å². The summed E-state index contributed by atoms with van der Waals surface area (Å²) in [5.74, 6) is -2.34. The molecule has 5 nitrogen and oxygen atoms in total. The largest absolute Gasteiger partial charge is 0.475 e. The molecule has 0 amide bonds. The Kier molecular flexibility index (Phi) is 6.08. The summed E-state index contributed by atoms with van der Waals surface area (Å²) < 4.78 is 6.64. The first-order chi connectivity index (χ1) is 12.1. The van der Waals surface area contributed by atoms with Gasteiger partial charge in [-0.1, -0.05) is 59.7 Å². The molecular weight excluding hydrogens is 346 g/mol. The number of H-pyrrole nitrogens is 1. The van der Waals surface area contributed by atoms with E-state index in [0.717, 1.165) is 11.1 Å². The second-order valence-electron chi connectivity index (χ2n) is 7.78. The van der Waals surface area contributed by atoms with Gasteiger partial charge in [0.25, 0.3) is 5.78 Å². The molecule has 0 spiro atoms. The van der Waals surface area contributed by atoms with Crippen molar-refractivity contribution in [3.63, 3.8) is 0 Å². The van der Waals surface area contributed by atoms with Gasteiger partial charge in [-0.15, -0.1) is 0 Å². The number of aromatic nitrogens is 1. The van der Waals surface area contributed by atoms with Crippen molar-refractivity contribution < 1.29 is 19.1 Å². The summed E-state index contributed by atoms with van der Waals surface area (Å²) >= 11 is 0. The number of para-hydroxylation sites is 1. The fraction of sp³-hybridized carbons (Fsp3) is 0.500. The van der Waals surface area contributed by atoms with E-state index in [0.29, 0.717) is 28.6 Å². The van der Waals surface area contributed by atoms with Gasteiger partial charge in [0.15, 0.2) is 0 Å². The number of benzene rings is 1. The molecule has 0 aliphatic heterocycles. The molecule has 0 fully saturated rings. The minimum absolute atomic E-state index is 0.189. The number of nitrogens with one attached hydrogen (secondary N) is 1. The van der Waals surface area contributed by atoms with Gasteiger partial charge in [-0.2, -0.15) is 0 Å². The van der Waals surface area contributed by atoms with Crippen molar-refractivity contribution in [2.45, 2.75) is 64.8 Å². The highest BCUT2D eigenvalue weighted by molar-refractivity contribution is 6.77. The fourth-order valence-electron chi connectivity index (χ4n) is 4.34. The molecule has 26 heavy (non-hydrogen) atoms. The molecule has 0 saturated heterocycles. The zero-order valence-corrected chi connectivity index (χ0v) is 17.4. The third-order valence-electron chi connectivity index (χ3n) is 5.43. The molecule has 1 aromatic heterocycles. The second-order valence-corrected chi connectivity index (χ2v) is 13.2. The normalized spacial score (nSPS) is 12.5. The number of rotatable bonds is 8. The monoisotopic (exact) mass is 375 g/mol. The van der Waals surface area contributed by atoms with Crippen LogP contribution in [0.5, 0.6) is 0 Å². The quantitative estimate of drug-likeness (QED) is 0.381. The predicted molar refractivity (Wildman–Crippen MR) is 106 cm³/mol. The summed E-state index contributed by atoms with van der Waals surface area (Å²) in [5.41, 5.74) is 3.36. The van der Waals surface area contributed by atoms with E-state index in [1.54, 1.807) is 6.07 Å². The maximum Gasteiger partial charge on any atom is 0.377 e. The van der Waals surface area contributed by atoms with E-state index >= 15 is 0 Å². The van der Waals surface area contributed by atoms with E-state index in [-0.39, 0.29) is 5.56 Å². The van der Waals surface area contributed by atoms with Crippen LogP contribution in [0.15, 0.2) is 24.4 Å². The van der Waals surface area contributed by atoms with Gasteiger partial charge in [0.2, 0.25) is 8.32 Å². The first kappa shape index (κ1) is 20.4. The van der Waals surface area contributed by atoms with Crippen molar-refractivity contribution in [1.82, 2.24) is 4.98 Å². The van der Waals surface area contributed by atoms with Gasteiger partial charge in [-0.05, 0) is 16.6 Å². The van der Waals surface area contributed by atoms with Crippen LogP contribution in [0.3, 0.4) is 0 Å². The molecule has 0 unspecified atom stereocenters. The van der Waals surface area contributed by atoms with Crippen molar-refractivity contribution in [3.05, 3.63) is 35.5 Å². The molecule has 2 rings (SSSR count). The van der Waals surface area contributed by atoms with Crippen LogP contribution in [0, 0.1) is 0 Å². The third-order valence-corrected chi connectivity index (χ3v) is 11.5. The standard InChI is InChI=1S/C20H29NO4Si/c1-12(2)26(13(3)4,14(5)6)25-11-15-8-7-9-16-17(10-21-18(15)16)19(22)20(23)24/h7-10,12-14,21H,11H2,1-6H3,(H,23,24). The second kappa shape index (κ2) is 7.76. The van der Waals surface area contributed by atoms with E-state index in [9.17, 15) is 9.59 Å². The zero-order chi connectivity index (χ0) is 19.6. The zero-order valence-electron chi connectivity index (χ0n) is 16.4. The van der Waals surface area contributed by atoms with Crippen LogP contribution in [0.2, 0.25) is 16.6 Å². The molecule has 0 aliphatic rings. The minimum Gasteiger partial charge on any atom is -0.475 e. The van der Waals surface area contributed by atoms with Crippen molar-refractivity contribution >= 4 is 31.0 Å². The fourth-order valence-corrected chi connectivity index (χ4v) is 9.75. The molecule has 1 heterocycles. The van der Waals surface area contributed by atoms with Crippen LogP contribution in [0.4, 0.5) is 0 Å². The van der Waals surface area contributed by atoms with Gasteiger partial charge in [0.1, 0.15) is 0 Å². The van der Waals surface area contributed by atoms with Crippen LogP contribution in [-0.2, 0) is 15.8 Å². The van der Waals surface area contributed by atoms with Gasteiger partial charge in [0.05, 0.1) is 17.7 Å². The Morgan fingerprint density at radius 1 is 1.08 bits per heavy atom. The summed E-state index contributed by atoms with van der Waals surface area (Å²) in [5, 5.41) is 9.62. The molecule has 0 atom stereocenters. The van der Waals surface area contributed by atoms with E-state index in [2.05, 4.69) is 46.5 Å². The highest BCUT2D eigenvalue weighted by Gasteiger charge is 2.45. The lowest BCUT2D eigenvalue weighted by Crippen LogP contribution is -2.47. The van der Waals surface area contributed by atoms with Crippen molar-refractivity contribution in [1.29, 1.82) is 0 Å². The Labute approximate surface area is 155 Å². The first-order valence-electron chi connectivity index (χ1n) is 9.13. The number of carboxylic acid groups (broad SMARTS) is 1. The summed E-state index contributed by atoms with van der Waals surface area (Å²) in [7, 11) is -2.01. The third kappa shape index (κ3) is 3.48. The van der Waals surface area contributed by atoms with Gasteiger partial charge < -0.3 is 14.5 Å². The SMILES string of the molecule is CC(C)[Si](OCc1cccc2c(C(=O)C(=O)O)c[nH]c12)(C(C)C)C(C)C. The van der Waals surface area contributed by atoms with Crippen LogP contribution >= 0.6 is 0 Å². The van der Waals surface area contributed by atoms with Crippen LogP contribution in [-0.4, -0.2) is 30.2 Å². The number of fused-ring (bicyclic) bond motifs is 1. The molecule has 0 saturated carbocycles. The Balaban J connectivity index is 2.40. The van der Waals surface area contributed by atoms with Gasteiger partial charge >= 0.3 is 5.97 Å². The Bertz CT molecular complexity index is 785. The average molecular weight is 376 g/mol. The van der Waals surface area contributed by atoms with Crippen LogP contribution < -0.4 is 0 Å². The number of hydrogen-bond acceptors (Lipinski definition) is 3. The molecule has 2 aromatic rings. The number of aromatic amines is 1. The van der Waals surface area contributed by atoms with Gasteiger partial charge in [0, 0.05) is 17.1 Å². The highest BCUT2D eigenvalue weighted by Crippen LogP contribution is 2.43. The lowest BCUT2D eigenvalue weighted by molar-refractivity contribution is -0.131. The Hall–Kier alpha value is -1.92. The number of ketones is 1. The number of carbonyl (C=O) groups excluding carboxylic acids is 1.